The van der Waals surface area contributed by atoms with Crippen molar-refractivity contribution >= 4 is 22.4 Å². The van der Waals surface area contributed by atoms with Gasteiger partial charge in [-0.25, -0.2) is 4.39 Å². The van der Waals surface area contributed by atoms with E-state index in [9.17, 15) is 9.18 Å². The first-order valence-electron chi connectivity index (χ1n) is 8.31. The number of fused-ring (bicyclic) bond motifs is 3. The number of hydrogen-bond acceptors (Lipinski definition) is 4. The minimum absolute atomic E-state index is 0.0823. The molecule has 4 nitrogen and oxygen atoms in total. The van der Waals surface area contributed by atoms with Gasteiger partial charge in [0.15, 0.2) is 5.76 Å². The summed E-state index contributed by atoms with van der Waals surface area (Å²) in [6, 6.07) is 7.70. The van der Waals surface area contributed by atoms with Gasteiger partial charge in [-0.05, 0) is 55.0 Å². The third-order valence-electron chi connectivity index (χ3n) is 4.83. The lowest BCUT2D eigenvalue weighted by Gasteiger charge is -2.16. The molecule has 0 bridgehead atoms. The van der Waals surface area contributed by atoms with Gasteiger partial charge in [-0.2, -0.15) is 0 Å². The summed E-state index contributed by atoms with van der Waals surface area (Å²) in [5.74, 6) is -0.638. The topological polar surface area (TPSA) is 65.5 Å². The van der Waals surface area contributed by atoms with E-state index in [0.29, 0.717) is 11.3 Å². The summed E-state index contributed by atoms with van der Waals surface area (Å²) < 4.78 is 24.3. The molecule has 2 aromatic carbocycles. The minimum atomic E-state index is -0.472. The predicted molar refractivity (Wildman–Crippen MR) is 93.7 cm³/mol. The third-order valence-corrected chi connectivity index (χ3v) is 4.83. The molecule has 128 valence electrons. The minimum Gasteiger partial charge on any atom is -0.496 e. The summed E-state index contributed by atoms with van der Waals surface area (Å²) in [7, 11) is 1.39. The van der Waals surface area contributed by atoms with Crippen molar-refractivity contribution in [3.05, 3.63) is 58.6 Å². The summed E-state index contributed by atoms with van der Waals surface area (Å²) in [5.41, 5.74) is 9.93. The maximum atomic E-state index is 13.4. The number of rotatable bonds is 3. The fourth-order valence-electron chi connectivity index (χ4n) is 3.61. The van der Waals surface area contributed by atoms with E-state index in [1.165, 1.54) is 36.4 Å². The van der Waals surface area contributed by atoms with E-state index in [2.05, 4.69) is 0 Å². The molecule has 0 atom stereocenters. The number of nitrogens with two attached hydrogens (primary N) is 1. The number of nitrogen functional groups attached to an aromatic ring is 1. The van der Waals surface area contributed by atoms with E-state index in [1.807, 2.05) is 12.1 Å². The van der Waals surface area contributed by atoms with Crippen molar-refractivity contribution in [3.8, 4) is 5.75 Å². The van der Waals surface area contributed by atoms with Crippen LogP contribution in [0.5, 0.6) is 5.75 Å². The Morgan fingerprint density at radius 2 is 2.00 bits per heavy atom. The van der Waals surface area contributed by atoms with E-state index in [4.69, 9.17) is 14.9 Å². The molecular formula is C20H18FNO3. The molecule has 0 fully saturated rings. The zero-order valence-corrected chi connectivity index (χ0v) is 13.9. The van der Waals surface area contributed by atoms with Crippen LogP contribution in [0.3, 0.4) is 0 Å². The number of carbonyl (C=O) groups excluding carboxylic acids is 1. The molecule has 2 N–H and O–H groups in total. The molecule has 1 aliphatic rings. The van der Waals surface area contributed by atoms with Gasteiger partial charge in [-0.15, -0.1) is 0 Å². The van der Waals surface area contributed by atoms with Crippen LogP contribution in [0.2, 0.25) is 0 Å². The van der Waals surface area contributed by atoms with Crippen molar-refractivity contribution in [2.45, 2.75) is 25.7 Å². The number of hydrogen-bond donors (Lipinski definition) is 1. The van der Waals surface area contributed by atoms with Crippen LogP contribution in [0.4, 0.5) is 10.1 Å². The van der Waals surface area contributed by atoms with Gasteiger partial charge in [0.05, 0.1) is 18.4 Å². The van der Waals surface area contributed by atoms with Crippen LogP contribution in [0.1, 0.15) is 40.1 Å². The number of methoxy groups -OCH3 is 1. The first-order valence-corrected chi connectivity index (χ1v) is 8.31. The highest BCUT2D eigenvalue weighted by molar-refractivity contribution is 6.16. The molecule has 0 spiro atoms. The average molecular weight is 339 g/mol. The normalized spacial score (nSPS) is 13.7. The first kappa shape index (κ1) is 15.7. The third kappa shape index (κ3) is 2.47. The molecule has 1 aliphatic carbocycles. The van der Waals surface area contributed by atoms with Crippen molar-refractivity contribution in [2.24, 2.45) is 0 Å². The summed E-state index contributed by atoms with van der Waals surface area (Å²) in [6.07, 6.45) is 4.22. The van der Waals surface area contributed by atoms with E-state index in [0.717, 1.165) is 31.1 Å². The van der Waals surface area contributed by atoms with Crippen molar-refractivity contribution in [2.75, 3.05) is 12.8 Å². The molecular weight excluding hydrogens is 321 g/mol. The Hall–Kier alpha value is -2.82. The molecule has 25 heavy (non-hydrogen) atoms. The number of benzene rings is 2. The SMILES string of the molecule is COc1cc(F)ccc1C(=O)c1oc2ccc3c(c2c1N)CCCC3. The zero-order valence-electron chi connectivity index (χ0n) is 13.9. The van der Waals surface area contributed by atoms with Gasteiger partial charge in [0, 0.05) is 11.5 Å². The highest BCUT2D eigenvalue weighted by atomic mass is 19.1. The zero-order chi connectivity index (χ0) is 17.6. The second kappa shape index (κ2) is 5.92. The highest BCUT2D eigenvalue weighted by Gasteiger charge is 2.26. The summed E-state index contributed by atoms with van der Waals surface area (Å²) in [5, 5.41) is 0.835. The molecule has 5 heteroatoms. The van der Waals surface area contributed by atoms with Crippen LogP contribution >= 0.6 is 0 Å². The quantitative estimate of drug-likeness (QED) is 0.724. The van der Waals surface area contributed by atoms with Crippen molar-refractivity contribution in [3.63, 3.8) is 0 Å². The van der Waals surface area contributed by atoms with Gasteiger partial charge < -0.3 is 14.9 Å². The lowest BCUT2D eigenvalue weighted by atomic mass is 9.89. The smallest absolute Gasteiger partial charge is 0.234 e. The van der Waals surface area contributed by atoms with Crippen molar-refractivity contribution < 1.29 is 18.3 Å². The van der Waals surface area contributed by atoms with Gasteiger partial charge in [-0.1, -0.05) is 6.07 Å². The first-order chi connectivity index (χ1) is 12.1. The Labute approximate surface area is 144 Å². The Kier molecular flexibility index (Phi) is 3.71. The monoisotopic (exact) mass is 339 g/mol. The number of anilines is 1. The maximum Gasteiger partial charge on any atom is 0.234 e. The fraction of sp³-hybridized carbons (Fsp3) is 0.250. The molecule has 3 aromatic rings. The Balaban J connectivity index is 1.87. The lowest BCUT2D eigenvalue weighted by molar-refractivity contribution is 0.101. The van der Waals surface area contributed by atoms with Crippen LogP contribution in [-0.2, 0) is 12.8 Å². The number of ketones is 1. The number of furan rings is 1. The predicted octanol–water partition coefficient (Wildman–Crippen LogP) is 4.27. The van der Waals surface area contributed by atoms with Crippen LogP contribution < -0.4 is 10.5 Å². The number of ether oxygens (including phenoxy) is 1. The van der Waals surface area contributed by atoms with Gasteiger partial charge in [-0.3, -0.25) is 4.79 Å². The number of aryl methyl sites for hydroxylation is 2. The van der Waals surface area contributed by atoms with Crippen molar-refractivity contribution in [1.82, 2.24) is 0 Å². The molecule has 0 aliphatic heterocycles. The molecule has 1 heterocycles. The summed E-state index contributed by atoms with van der Waals surface area (Å²) in [4.78, 5) is 12.9. The molecule has 0 radical (unpaired) electrons. The molecule has 0 unspecified atom stereocenters. The molecule has 0 saturated carbocycles. The van der Waals surface area contributed by atoms with Crippen LogP contribution in [0.15, 0.2) is 34.7 Å². The van der Waals surface area contributed by atoms with Gasteiger partial charge in [0.1, 0.15) is 17.1 Å². The van der Waals surface area contributed by atoms with E-state index in [1.54, 1.807) is 0 Å². The van der Waals surface area contributed by atoms with E-state index < -0.39 is 11.6 Å². The van der Waals surface area contributed by atoms with Crippen LogP contribution in [0, 0.1) is 5.82 Å². The van der Waals surface area contributed by atoms with E-state index >= 15 is 0 Å². The molecule has 0 amide bonds. The standard InChI is InChI=1S/C20H18FNO3/c1-24-16-10-12(21)7-8-14(16)19(23)20-18(22)17-13-5-3-2-4-11(13)6-9-15(17)25-20/h6-10H,2-5,22H2,1H3. The van der Waals surface area contributed by atoms with E-state index in [-0.39, 0.29) is 17.1 Å². The average Bonchev–Trinajstić information content (AvgIpc) is 2.98. The van der Waals surface area contributed by atoms with Gasteiger partial charge in [0.2, 0.25) is 5.78 Å². The van der Waals surface area contributed by atoms with Crippen LogP contribution in [-0.4, -0.2) is 12.9 Å². The van der Waals surface area contributed by atoms with Crippen LogP contribution in [0.25, 0.3) is 11.0 Å². The summed E-state index contributed by atoms with van der Waals surface area (Å²) in [6.45, 7) is 0. The number of halogens is 1. The van der Waals surface area contributed by atoms with Crippen molar-refractivity contribution in [1.29, 1.82) is 0 Å². The number of carbonyl (C=O) groups is 1. The second-order valence-electron chi connectivity index (χ2n) is 6.30. The Morgan fingerprint density at radius 1 is 1.20 bits per heavy atom. The summed E-state index contributed by atoms with van der Waals surface area (Å²) >= 11 is 0. The Bertz CT molecular complexity index is 990. The molecule has 0 saturated heterocycles. The maximum absolute atomic E-state index is 13.4. The molecule has 4 rings (SSSR count). The molecule has 1 aromatic heterocycles. The van der Waals surface area contributed by atoms with Gasteiger partial charge in [0.25, 0.3) is 0 Å². The Morgan fingerprint density at radius 3 is 2.80 bits per heavy atom. The largest absolute Gasteiger partial charge is 0.496 e. The second-order valence-corrected chi connectivity index (χ2v) is 6.30. The fourth-order valence-corrected chi connectivity index (χ4v) is 3.61. The highest BCUT2D eigenvalue weighted by Crippen LogP contribution is 2.38. The lowest BCUT2D eigenvalue weighted by Crippen LogP contribution is -2.06. The van der Waals surface area contributed by atoms with Gasteiger partial charge >= 0.3 is 0 Å².